The van der Waals surface area contributed by atoms with Crippen LogP contribution < -0.4 is 0 Å². The molecule has 2 aromatic rings. The van der Waals surface area contributed by atoms with Crippen molar-refractivity contribution in [2.24, 2.45) is 0 Å². The second-order valence-corrected chi connectivity index (χ2v) is 4.84. The summed E-state index contributed by atoms with van der Waals surface area (Å²) in [6.45, 7) is 1.56. The molecule has 0 aliphatic heterocycles. The van der Waals surface area contributed by atoms with Gasteiger partial charge in [-0.1, -0.05) is 72.3 Å². The lowest BCUT2D eigenvalue weighted by molar-refractivity contribution is 0.0298. The van der Waals surface area contributed by atoms with Crippen LogP contribution in [0, 0.1) is 0 Å². The minimum Gasteiger partial charge on any atom is -0.421 e. The van der Waals surface area contributed by atoms with Crippen molar-refractivity contribution in [2.75, 3.05) is 0 Å². The fourth-order valence-electron chi connectivity index (χ4n) is 1.84. The predicted octanol–water partition coefficient (Wildman–Crippen LogP) is 4.51. The molecule has 0 heterocycles. The van der Waals surface area contributed by atoms with Crippen molar-refractivity contribution >= 4 is 17.8 Å². The van der Waals surface area contributed by atoms with Crippen LogP contribution in [0.4, 0.5) is 4.79 Å². The maximum Gasteiger partial charge on any atom is 0.510 e. The molecule has 0 N–H and O–H groups in total. The molecule has 1 atom stereocenters. The summed E-state index contributed by atoms with van der Waals surface area (Å²) in [5, 5.41) is 0. The second-order valence-electron chi connectivity index (χ2n) is 4.23. The van der Waals surface area contributed by atoms with E-state index in [4.69, 9.17) is 21.1 Å². The van der Waals surface area contributed by atoms with Gasteiger partial charge in [0, 0.05) is 0 Å². The summed E-state index contributed by atoms with van der Waals surface area (Å²) in [4.78, 5) is 11.7. The summed E-state index contributed by atoms with van der Waals surface area (Å²) in [5.74, 6) is 0. The first-order valence-corrected chi connectivity index (χ1v) is 6.71. The van der Waals surface area contributed by atoms with E-state index in [1.807, 2.05) is 60.7 Å². The molecule has 0 spiro atoms. The van der Waals surface area contributed by atoms with Crippen LogP contribution in [0.3, 0.4) is 0 Å². The Morgan fingerprint density at radius 1 is 0.900 bits per heavy atom. The van der Waals surface area contributed by atoms with E-state index in [-0.39, 0.29) is 0 Å². The highest BCUT2D eigenvalue weighted by molar-refractivity contribution is 6.19. The molecule has 0 aliphatic carbocycles. The molecule has 0 saturated heterocycles. The van der Waals surface area contributed by atoms with Crippen LogP contribution in [0.2, 0.25) is 0 Å². The number of alkyl halides is 1. The molecule has 3 nitrogen and oxygen atoms in total. The van der Waals surface area contributed by atoms with E-state index in [0.717, 1.165) is 11.1 Å². The summed E-state index contributed by atoms with van der Waals surface area (Å²) < 4.78 is 10.2. The van der Waals surface area contributed by atoms with Crippen LogP contribution in [0.15, 0.2) is 60.7 Å². The quantitative estimate of drug-likeness (QED) is 0.614. The highest BCUT2D eigenvalue weighted by atomic mass is 35.5. The zero-order chi connectivity index (χ0) is 14.4. The van der Waals surface area contributed by atoms with Gasteiger partial charge in [0.15, 0.2) is 11.7 Å². The zero-order valence-corrected chi connectivity index (χ0v) is 11.8. The number of benzene rings is 2. The fourth-order valence-corrected chi connectivity index (χ4v) is 1.91. The Kier molecular flexibility index (Phi) is 5.02. The van der Waals surface area contributed by atoms with Gasteiger partial charge in [-0.3, -0.25) is 0 Å². The maximum atomic E-state index is 11.7. The number of hydrogen-bond acceptors (Lipinski definition) is 3. The number of halogens is 1. The van der Waals surface area contributed by atoms with Gasteiger partial charge in [-0.25, -0.2) is 4.79 Å². The standard InChI is InChI=1S/C16H15ClO3/c1-12(17)19-16(18)20-15(13-8-4-2-5-9-13)14-10-6-3-7-11-14/h2-12,15H,1H3. The summed E-state index contributed by atoms with van der Waals surface area (Å²) in [6, 6.07) is 19.0. The van der Waals surface area contributed by atoms with Gasteiger partial charge in [0.1, 0.15) is 0 Å². The summed E-state index contributed by atoms with van der Waals surface area (Å²) in [7, 11) is 0. The molecule has 0 fully saturated rings. The number of rotatable bonds is 4. The van der Waals surface area contributed by atoms with E-state index < -0.39 is 17.8 Å². The summed E-state index contributed by atoms with van der Waals surface area (Å²) in [6.07, 6.45) is -1.30. The average molecular weight is 291 g/mol. The monoisotopic (exact) mass is 290 g/mol. The van der Waals surface area contributed by atoms with Crippen LogP contribution in [0.5, 0.6) is 0 Å². The van der Waals surface area contributed by atoms with Crippen LogP contribution in [-0.4, -0.2) is 11.7 Å². The van der Waals surface area contributed by atoms with E-state index in [1.165, 1.54) is 0 Å². The van der Waals surface area contributed by atoms with Gasteiger partial charge < -0.3 is 9.47 Å². The fraction of sp³-hybridized carbons (Fsp3) is 0.188. The average Bonchev–Trinajstić information content (AvgIpc) is 2.46. The Hall–Kier alpha value is -2.00. The van der Waals surface area contributed by atoms with Gasteiger partial charge in [0.25, 0.3) is 0 Å². The highest BCUT2D eigenvalue weighted by Crippen LogP contribution is 2.26. The molecular weight excluding hydrogens is 276 g/mol. The predicted molar refractivity (Wildman–Crippen MR) is 77.6 cm³/mol. The Morgan fingerprint density at radius 2 is 1.35 bits per heavy atom. The van der Waals surface area contributed by atoms with Crippen molar-refractivity contribution in [3.05, 3.63) is 71.8 Å². The minimum absolute atomic E-state index is 0.514. The van der Waals surface area contributed by atoms with E-state index in [2.05, 4.69) is 0 Å². The lowest BCUT2D eigenvalue weighted by atomic mass is 10.0. The third kappa shape index (κ3) is 4.00. The number of carbonyl (C=O) groups excluding carboxylic acids is 1. The Labute approximate surface area is 123 Å². The summed E-state index contributed by atoms with van der Waals surface area (Å²) >= 11 is 5.63. The number of carbonyl (C=O) groups is 1. The topological polar surface area (TPSA) is 35.5 Å². The molecule has 20 heavy (non-hydrogen) atoms. The van der Waals surface area contributed by atoms with Gasteiger partial charge in [-0.15, -0.1) is 0 Å². The smallest absolute Gasteiger partial charge is 0.421 e. The van der Waals surface area contributed by atoms with Crippen LogP contribution in [0.1, 0.15) is 24.2 Å². The van der Waals surface area contributed by atoms with Crippen LogP contribution in [0.25, 0.3) is 0 Å². The van der Waals surface area contributed by atoms with E-state index in [9.17, 15) is 4.79 Å². The zero-order valence-electron chi connectivity index (χ0n) is 11.0. The first kappa shape index (κ1) is 14.4. The summed E-state index contributed by atoms with van der Waals surface area (Å²) in [5.41, 5.74) is 1.02. The van der Waals surface area contributed by atoms with Crippen molar-refractivity contribution in [3.63, 3.8) is 0 Å². The van der Waals surface area contributed by atoms with E-state index in [0.29, 0.717) is 0 Å². The lowest BCUT2D eigenvalue weighted by Crippen LogP contribution is -2.16. The highest BCUT2D eigenvalue weighted by Gasteiger charge is 2.20. The van der Waals surface area contributed by atoms with Crippen LogP contribution in [-0.2, 0) is 9.47 Å². The molecule has 2 aromatic carbocycles. The van der Waals surface area contributed by atoms with Gasteiger partial charge >= 0.3 is 6.16 Å². The molecule has 0 bridgehead atoms. The molecular formula is C16H15ClO3. The van der Waals surface area contributed by atoms with Crippen LogP contribution >= 0.6 is 11.6 Å². The third-order valence-electron chi connectivity index (χ3n) is 2.68. The van der Waals surface area contributed by atoms with Gasteiger partial charge in [-0.05, 0) is 18.1 Å². The number of ether oxygens (including phenoxy) is 2. The minimum atomic E-state index is -0.787. The molecule has 0 radical (unpaired) electrons. The lowest BCUT2D eigenvalue weighted by Gasteiger charge is -2.19. The Bertz CT molecular complexity index is 501. The van der Waals surface area contributed by atoms with E-state index in [1.54, 1.807) is 6.92 Å². The molecule has 0 amide bonds. The van der Waals surface area contributed by atoms with Gasteiger partial charge in [-0.2, -0.15) is 0 Å². The van der Waals surface area contributed by atoms with Crippen molar-refractivity contribution in [3.8, 4) is 0 Å². The Morgan fingerprint density at radius 3 is 1.75 bits per heavy atom. The first-order valence-electron chi connectivity index (χ1n) is 6.28. The molecule has 0 aliphatic rings. The SMILES string of the molecule is CC(Cl)OC(=O)OC(c1ccccc1)c1ccccc1. The van der Waals surface area contributed by atoms with Crippen molar-refractivity contribution in [1.29, 1.82) is 0 Å². The largest absolute Gasteiger partial charge is 0.510 e. The Balaban J connectivity index is 2.24. The molecule has 1 unspecified atom stereocenters. The molecule has 0 aromatic heterocycles. The van der Waals surface area contributed by atoms with Crippen molar-refractivity contribution in [2.45, 2.75) is 18.6 Å². The van der Waals surface area contributed by atoms with E-state index >= 15 is 0 Å². The van der Waals surface area contributed by atoms with Gasteiger partial charge in [0.2, 0.25) is 0 Å². The molecule has 104 valence electrons. The van der Waals surface area contributed by atoms with Crippen molar-refractivity contribution in [1.82, 2.24) is 0 Å². The van der Waals surface area contributed by atoms with Gasteiger partial charge in [0.05, 0.1) is 0 Å². The molecule has 0 saturated carbocycles. The normalized spacial score (nSPS) is 11.9. The molecule has 4 heteroatoms. The first-order chi connectivity index (χ1) is 9.66. The molecule has 2 rings (SSSR count). The third-order valence-corrected chi connectivity index (χ3v) is 2.77. The second kappa shape index (κ2) is 6.96. The number of hydrogen-bond donors (Lipinski definition) is 0. The maximum absolute atomic E-state index is 11.7. The van der Waals surface area contributed by atoms with Crippen molar-refractivity contribution < 1.29 is 14.3 Å².